The highest BCUT2D eigenvalue weighted by molar-refractivity contribution is 6.04. The van der Waals surface area contributed by atoms with Gasteiger partial charge in [-0.15, -0.1) is 0 Å². The van der Waals surface area contributed by atoms with Gasteiger partial charge in [-0.25, -0.2) is 0 Å². The van der Waals surface area contributed by atoms with Crippen LogP contribution in [0.1, 0.15) is 40.7 Å². The van der Waals surface area contributed by atoms with E-state index in [4.69, 9.17) is 15.2 Å². The van der Waals surface area contributed by atoms with E-state index in [1.54, 1.807) is 4.90 Å². The topological polar surface area (TPSA) is 64.8 Å². The van der Waals surface area contributed by atoms with Gasteiger partial charge in [0.2, 0.25) is 0 Å². The van der Waals surface area contributed by atoms with Gasteiger partial charge in [0.25, 0.3) is 5.91 Å². The summed E-state index contributed by atoms with van der Waals surface area (Å²) < 4.78 is 11.5. The molecule has 0 atom stereocenters. The molecule has 1 aromatic carbocycles. The van der Waals surface area contributed by atoms with Crippen LogP contribution in [-0.4, -0.2) is 36.9 Å². The zero-order chi connectivity index (χ0) is 15.3. The Morgan fingerprint density at radius 2 is 2.05 bits per heavy atom. The largest absolute Gasteiger partial charge is 0.398 e. The molecule has 2 heterocycles. The minimum atomic E-state index is -0.410. The molecule has 0 aromatic heterocycles. The summed E-state index contributed by atoms with van der Waals surface area (Å²) in [4.78, 5) is 14.0. The van der Waals surface area contributed by atoms with Crippen LogP contribution in [0.15, 0.2) is 18.2 Å². The lowest BCUT2D eigenvalue weighted by atomic mass is 9.86. The lowest BCUT2D eigenvalue weighted by Gasteiger charge is -2.31. The van der Waals surface area contributed by atoms with Gasteiger partial charge in [0.05, 0.1) is 18.8 Å². The van der Waals surface area contributed by atoms with Crippen molar-refractivity contribution >= 4 is 17.2 Å². The molecular weight excluding hydrogens is 280 g/mol. The third-order valence-electron chi connectivity index (χ3n) is 4.90. The SMILES string of the molecule is CN1Cc2c(C3=CCC4(CC3)OCCO4)ccc(N)c2C1=O. The summed E-state index contributed by atoms with van der Waals surface area (Å²) in [6.07, 6.45) is 4.73. The van der Waals surface area contributed by atoms with E-state index in [1.165, 1.54) is 5.57 Å². The van der Waals surface area contributed by atoms with Gasteiger partial charge in [-0.1, -0.05) is 12.1 Å². The van der Waals surface area contributed by atoms with Crippen LogP contribution in [0.4, 0.5) is 5.69 Å². The number of benzene rings is 1. The molecule has 4 rings (SSSR count). The molecule has 116 valence electrons. The highest BCUT2D eigenvalue weighted by Gasteiger charge is 2.38. The third-order valence-corrected chi connectivity index (χ3v) is 4.90. The van der Waals surface area contributed by atoms with Crippen LogP contribution in [0.3, 0.4) is 0 Å². The Labute approximate surface area is 129 Å². The number of ether oxygens (including phenoxy) is 2. The molecule has 1 saturated heterocycles. The van der Waals surface area contributed by atoms with Crippen LogP contribution in [0.5, 0.6) is 0 Å². The van der Waals surface area contributed by atoms with Gasteiger partial charge in [0, 0.05) is 32.1 Å². The molecule has 1 spiro atoms. The van der Waals surface area contributed by atoms with Crippen molar-refractivity contribution in [2.24, 2.45) is 0 Å². The number of amides is 1. The predicted molar refractivity (Wildman–Crippen MR) is 83.1 cm³/mol. The van der Waals surface area contributed by atoms with E-state index >= 15 is 0 Å². The van der Waals surface area contributed by atoms with Gasteiger partial charge in [-0.2, -0.15) is 0 Å². The van der Waals surface area contributed by atoms with Crippen LogP contribution in [0.2, 0.25) is 0 Å². The quantitative estimate of drug-likeness (QED) is 0.807. The van der Waals surface area contributed by atoms with E-state index in [-0.39, 0.29) is 5.91 Å². The maximum Gasteiger partial charge on any atom is 0.256 e. The number of carbonyl (C=O) groups is 1. The fourth-order valence-corrected chi connectivity index (χ4v) is 3.70. The normalized spacial score (nSPS) is 23.0. The molecule has 2 N–H and O–H groups in total. The first-order valence-electron chi connectivity index (χ1n) is 7.74. The fraction of sp³-hybridized carbons (Fsp3) is 0.471. The van der Waals surface area contributed by atoms with Crippen LogP contribution < -0.4 is 5.73 Å². The van der Waals surface area contributed by atoms with Gasteiger partial charge in [-0.05, 0) is 29.2 Å². The highest BCUT2D eigenvalue weighted by Crippen LogP contribution is 2.41. The number of fused-ring (bicyclic) bond motifs is 1. The number of carbonyl (C=O) groups excluding carboxylic acids is 1. The van der Waals surface area contributed by atoms with E-state index < -0.39 is 5.79 Å². The highest BCUT2D eigenvalue weighted by atomic mass is 16.7. The van der Waals surface area contributed by atoms with Crippen LogP contribution in [-0.2, 0) is 16.0 Å². The second-order valence-corrected chi connectivity index (χ2v) is 6.26. The number of nitrogens with two attached hydrogens (primary N) is 1. The second-order valence-electron chi connectivity index (χ2n) is 6.26. The molecule has 1 amide bonds. The minimum Gasteiger partial charge on any atom is -0.398 e. The fourth-order valence-electron chi connectivity index (χ4n) is 3.70. The van der Waals surface area contributed by atoms with Gasteiger partial charge in [0.1, 0.15) is 0 Å². The van der Waals surface area contributed by atoms with Gasteiger partial charge in [0.15, 0.2) is 5.79 Å². The van der Waals surface area contributed by atoms with Crippen molar-refractivity contribution in [3.63, 3.8) is 0 Å². The molecule has 1 fully saturated rings. The first kappa shape index (κ1) is 13.8. The van der Waals surface area contributed by atoms with E-state index in [1.807, 2.05) is 19.2 Å². The Bertz CT molecular complexity index is 675. The summed E-state index contributed by atoms with van der Waals surface area (Å²) in [5.74, 6) is -0.391. The molecule has 5 nitrogen and oxygen atoms in total. The van der Waals surface area contributed by atoms with Crippen molar-refractivity contribution in [3.8, 4) is 0 Å². The van der Waals surface area contributed by atoms with Gasteiger partial charge >= 0.3 is 0 Å². The lowest BCUT2D eigenvalue weighted by molar-refractivity contribution is -0.159. The molecule has 0 saturated carbocycles. The average Bonchev–Trinajstić information content (AvgIpc) is 3.08. The Kier molecular flexibility index (Phi) is 3.03. The smallest absolute Gasteiger partial charge is 0.256 e. The van der Waals surface area contributed by atoms with Crippen LogP contribution >= 0.6 is 0 Å². The number of allylic oxidation sites excluding steroid dienone is 1. The molecule has 0 radical (unpaired) electrons. The Balaban J connectivity index is 1.70. The second kappa shape index (κ2) is 4.83. The molecule has 1 aromatic rings. The lowest BCUT2D eigenvalue weighted by Crippen LogP contribution is -2.31. The van der Waals surface area contributed by atoms with E-state index in [2.05, 4.69) is 6.08 Å². The first-order valence-corrected chi connectivity index (χ1v) is 7.74. The van der Waals surface area contributed by atoms with E-state index in [0.29, 0.717) is 31.0 Å². The average molecular weight is 300 g/mol. The summed E-state index contributed by atoms with van der Waals surface area (Å²) in [6, 6.07) is 3.89. The van der Waals surface area contributed by atoms with Crippen molar-refractivity contribution in [2.45, 2.75) is 31.6 Å². The van der Waals surface area contributed by atoms with E-state index in [0.717, 1.165) is 30.4 Å². The van der Waals surface area contributed by atoms with Crippen molar-refractivity contribution in [2.75, 3.05) is 26.0 Å². The standard InChI is InChI=1S/C17H20N2O3/c1-19-10-13-12(2-3-14(18)15(13)16(19)20)11-4-6-17(7-5-11)21-8-9-22-17/h2-4H,5-10,18H2,1H3. The Morgan fingerprint density at radius 1 is 1.27 bits per heavy atom. The Hall–Kier alpha value is -1.85. The van der Waals surface area contributed by atoms with Crippen molar-refractivity contribution in [3.05, 3.63) is 34.9 Å². The molecule has 2 aliphatic heterocycles. The molecule has 22 heavy (non-hydrogen) atoms. The van der Waals surface area contributed by atoms with Crippen molar-refractivity contribution < 1.29 is 14.3 Å². The number of nitrogen functional groups attached to an aromatic ring is 1. The summed E-state index contributed by atoms with van der Waals surface area (Å²) in [6.45, 7) is 1.99. The number of anilines is 1. The van der Waals surface area contributed by atoms with Crippen molar-refractivity contribution in [1.29, 1.82) is 0 Å². The zero-order valence-corrected chi connectivity index (χ0v) is 12.7. The summed E-state index contributed by atoms with van der Waals surface area (Å²) in [5.41, 5.74) is 10.7. The Morgan fingerprint density at radius 3 is 2.73 bits per heavy atom. The molecule has 1 aliphatic carbocycles. The summed E-state index contributed by atoms with van der Waals surface area (Å²) >= 11 is 0. The predicted octanol–water partition coefficient (Wildman–Crippen LogP) is 2.16. The molecule has 0 bridgehead atoms. The molecule has 3 aliphatic rings. The molecule has 5 heteroatoms. The monoisotopic (exact) mass is 300 g/mol. The van der Waals surface area contributed by atoms with Crippen LogP contribution in [0.25, 0.3) is 5.57 Å². The van der Waals surface area contributed by atoms with Crippen LogP contribution in [0, 0.1) is 0 Å². The summed E-state index contributed by atoms with van der Waals surface area (Å²) in [5, 5.41) is 0. The third kappa shape index (κ3) is 1.96. The summed E-state index contributed by atoms with van der Waals surface area (Å²) in [7, 11) is 1.82. The van der Waals surface area contributed by atoms with Gasteiger partial charge in [-0.3, -0.25) is 4.79 Å². The molecule has 0 unspecified atom stereocenters. The van der Waals surface area contributed by atoms with E-state index in [9.17, 15) is 4.79 Å². The zero-order valence-electron chi connectivity index (χ0n) is 12.7. The van der Waals surface area contributed by atoms with Crippen molar-refractivity contribution in [1.82, 2.24) is 4.90 Å². The minimum absolute atomic E-state index is 0.0182. The van der Waals surface area contributed by atoms with Gasteiger partial charge < -0.3 is 20.1 Å². The number of hydrogen-bond acceptors (Lipinski definition) is 4. The maximum atomic E-state index is 12.2. The molecular formula is C17H20N2O3. The number of nitrogens with zero attached hydrogens (tertiary/aromatic N) is 1. The first-order chi connectivity index (χ1) is 10.6. The maximum absolute atomic E-state index is 12.2. The number of rotatable bonds is 1. The number of hydrogen-bond donors (Lipinski definition) is 1.